The predicted octanol–water partition coefficient (Wildman–Crippen LogP) is 3.18. The largest absolute Gasteiger partial charge is 0.337 e. The van der Waals surface area contributed by atoms with Gasteiger partial charge in [0.25, 0.3) is 5.91 Å². The van der Waals surface area contributed by atoms with E-state index in [1.54, 1.807) is 10.3 Å². The molecule has 1 fully saturated rings. The number of thiazole rings is 1. The smallest absolute Gasteiger partial charge is 0.273 e. The van der Waals surface area contributed by atoms with Crippen LogP contribution >= 0.6 is 11.3 Å². The highest BCUT2D eigenvalue weighted by atomic mass is 32.1. The van der Waals surface area contributed by atoms with Crippen LogP contribution in [0.4, 0.5) is 8.78 Å². The van der Waals surface area contributed by atoms with Crippen LogP contribution in [0, 0.1) is 17.6 Å². The number of hydrogen-bond acceptors (Lipinski definition) is 3. The highest BCUT2D eigenvalue weighted by molar-refractivity contribution is 7.13. The minimum Gasteiger partial charge on any atom is -0.337 e. The Morgan fingerprint density at radius 2 is 2.10 bits per heavy atom. The Hall–Kier alpha value is -1.82. The van der Waals surface area contributed by atoms with Crippen molar-refractivity contribution in [3.05, 3.63) is 40.9 Å². The number of likely N-dealkylation sites (tertiary alicyclic amines) is 1. The number of nitrogens with zero attached hydrogens (tertiary/aromatic N) is 2. The number of benzene rings is 1. The van der Waals surface area contributed by atoms with Crippen molar-refractivity contribution in [2.45, 2.75) is 6.92 Å². The van der Waals surface area contributed by atoms with Crippen LogP contribution in [0.1, 0.15) is 17.4 Å². The fourth-order valence-corrected chi connectivity index (χ4v) is 2.95. The number of halogens is 2. The van der Waals surface area contributed by atoms with E-state index in [4.69, 9.17) is 0 Å². The summed E-state index contributed by atoms with van der Waals surface area (Å²) in [5.41, 5.74) is 0.839. The molecule has 2 heterocycles. The van der Waals surface area contributed by atoms with Crippen molar-refractivity contribution in [3.63, 3.8) is 0 Å². The van der Waals surface area contributed by atoms with E-state index in [1.807, 2.05) is 0 Å². The summed E-state index contributed by atoms with van der Waals surface area (Å²) in [5, 5.41) is 2.17. The molecule has 1 aromatic carbocycles. The normalized spacial score (nSPS) is 15.2. The first-order valence-electron chi connectivity index (χ1n) is 6.25. The summed E-state index contributed by atoms with van der Waals surface area (Å²) in [6.07, 6.45) is 0. The molecule has 0 spiro atoms. The van der Waals surface area contributed by atoms with Crippen molar-refractivity contribution in [2.75, 3.05) is 13.1 Å². The van der Waals surface area contributed by atoms with Gasteiger partial charge in [0.15, 0.2) is 11.6 Å². The van der Waals surface area contributed by atoms with Gasteiger partial charge in [0.1, 0.15) is 10.7 Å². The Labute approximate surface area is 118 Å². The van der Waals surface area contributed by atoms with Crippen LogP contribution in [0.25, 0.3) is 10.6 Å². The molecule has 3 rings (SSSR count). The molecule has 1 amide bonds. The Balaban J connectivity index is 1.82. The van der Waals surface area contributed by atoms with Gasteiger partial charge in [0.2, 0.25) is 0 Å². The van der Waals surface area contributed by atoms with Crippen LogP contribution in [0.2, 0.25) is 0 Å². The summed E-state index contributed by atoms with van der Waals surface area (Å²) in [6, 6.07) is 3.61. The monoisotopic (exact) mass is 294 g/mol. The minimum atomic E-state index is -0.915. The average molecular weight is 294 g/mol. The van der Waals surface area contributed by atoms with Gasteiger partial charge in [-0.25, -0.2) is 13.8 Å². The maximum absolute atomic E-state index is 13.2. The zero-order chi connectivity index (χ0) is 14.3. The summed E-state index contributed by atoms with van der Waals surface area (Å²) in [5.74, 6) is -1.38. The molecular weight excluding hydrogens is 282 g/mol. The van der Waals surface area contributed by atoms with Crippen LogP contribution in [-0.2, 0) is 0 Å². The Morgan fingerprint density at radius 1 is 1.35 bits per heavy atom. The molecule has 1 aliphatic heterocycles. The van der Waals surface area contributed by atoms with Crippen LogP contribution in [0.5, 0.6) is 0 Å². The van der Waals surface area contributed by atoms with E-state index in [0.717, 1.165) is 25.2 Å². The van der Waals surface area contributed by atoms with Crippen LogP contribution in [0.3, 0.4) is 0 Å². The molecular formula is C14H12F2N2OS. The van der Waals surface area contributed by atoms with Crippen LogP contribution < -0.4 is 0 Å². The zero-order valence-corrected chi connectivity index (χ0v) is 11.6. The summed E-state index contributed by atoms with van der Waals surface area (Å²) in [4.78, 5) is 18.0. The second-order valence-corrected chi connectivity index (χ2v) is 5.84. The molecule has 0 bridgehead atoms. The molecule has 6 heteroatoms. The third-order valence-electron chi connectivity index (χ3n) is 3.24. The lowest BCUT2D eigenvalue weighted by Crippen LogP contribution is -2.48. The Kier molecular flexibility index (Phi) is 3.25. The van der Waals surface area contributed by atoms with Crippen molar-refractivity contribution >= 4 is 17.2 Å². The van der Waals surface area contributed by atoms with Gasteiger partial charge in [-0.2, -0.15) is 0 Å². The standard InChI is InChI=1S/C14H12F2N2OS/c1-8-5-18(6-8)14(19)12-7-20-13(17-12)9-2-3-10(15)11(16)4-9/h2-4,7-8H,5-6H2,1H3. The summed E-state index contributed by atoms with van der Waals surface area (Å²) in [6.45, 7) is 3.57. The molecule has 1 saturated heterocycles. The fraction of sp³-hybridized carbons (Fsp3) is 0.286. The Bertz CT molecular complexity index is 665. The van der Waals surface area contributed by atoms with E-state index in [2.05, 4.69) is 11.9 Å². The highest BCUT2D eigenvalue weighted by Crippen LogP contribution is 2.26. The third-order valence-corrected chi connectivity index (χ3v) is 4.13. The lowest BCUT2D eigenvalue weighted by atomic mass is 10.0. The molecule has 0 saturated carbocycles. The number of hydrogen-bond donors (Lipinski definition) is 0. The van der Waals surface area contributed by atoms with Gasteiger partial charge in [-0.1, -0.05) is 6.92 Å². The van der Waals surface area contributed by atoms with Gasteiger partial charge in [-0.3, -0.25) is 4.79 Å². The van der Waals surface area contributed by atoms with Gasteiger partial charge in [0, 0.05) is 24.0 Å². The lowest BCUT2D eigenvalue weighted by molar-refractivity contribution is 0.0525. The zero-order valence-electron chi connectivity index (χ0n) is 10.8. The van der Waals surface area contributed by atoms with E-state index < -0.39 is 11.6 Å². The highest BCUT2D eigenvalue weighted by Gasteiger charge is 2.29. The van der Waals surface area contributed by atoms with Gasteiger partial charge < -0.3 is 4.90 Å². The number of rotatable bonds is 2. The van der Waals surface area contributed by atoms with E-state index in [0.29, 0.717) is 22.2 Å². The summed E-state index contributed by atoms with van der Waals surface area (Å²) in [7, 11) is 0. The average Bonchev–Trinajstić information content (AvgIpc) is 2.87. The molecule has 1 aromatic heterocycles. The molecule has 0 radical (unpaired) electrons. The topological polar surface area (TPSA) is 33.2 Å². The molecule has 1 aliphatic rings. The SMILES string of the molecule is CC1CN(C(=O)c2csc(-c3ccc(F)c(F)c3)n2)C1. The molecule has 0 N–H and O–H groups in total. The second kappa shape index (κ2) is 4.94. The molecule has 0 unspecified atom stereocenters. The maximum Gasteiger partial charge on any atom is 0.273 e. The number of carbonyl (C=O) groups is 1. The van der Waals surface area contributed by atoms with E-state index >= 15 is 0 Å². The second-order valence-electron chi connectivity index (χ2n) is 4.98. The summed E-state index contributed by atoms with van der Waals surface area (Å²) >= 11 is 1.25. The van der Waals surface area contributed by atoms with Gasteiger partial charge in [-0.15, -0.1) is 11.3 Å². The first-order chi connectivity index (χ1) is 9.54. The van der Waals surface area contributed by atoms with Crippen molar-refractivity contribution in [3.8, 4) is 10.6 Å². The van der Waals surface area contributed by atoms with Gasteiger partial charge in [-0.05, 0) is 24.1 Å². The van der Waals surface area contributed by atoms with E-state index in [-0.39, 0.29) is 5.91 Å². The first kappa shape index (κ1) is 13.2. The van der Waals surface area contributed by atoms with Crippen LogP contribution in [-0.4, -0.2) is 28.9 Å². The molecule has 0 atom stereocenters. The minimum absolute atomic E-state index is 0.104. The van der Waals surface area contributed by atoms with Gasteiger partial charge in [0.05, 0.1) is 0 Å². The molecule has 3 nitrogen and oxygen atoms in total. The van der Waals surface area contributed by atoms with Gasteiger partial charge >= 0.3 is 0 Å². The molecule has 0 aliphatic carbocycles. The maximum atomic E-state index is 13.2. The summed E-state index contributed by atoms with van der Waals surface area (Å²) < 4.78 is 26.1. The van der Waals surface area contributed by atoms with E-state index in [1.165, 1.54) is 17.4 Å². The van der Waals surface area contributed by atoms with Crippen LogP contribution in [0.15, 0.2) is 23.6 Å². The first-order valence-corrected chi connectivity index (χ1v) is 7.13. The van der Waals surface area contributed by atoms with Crippen molar-refractivity contribution < 1.29 is 13.6 Å². The fourth-order valence-electron chi connectivity index (χ4n) is 2.16. The Morgan fingerprint density at radius 3 is 2.75 bits per heavy atom. The third kappa shape index (κ3) is 2.31. The quantitative estimate of drug-likeness (QED) is 0.852. The van der Waals surface area contributed by atoms with Crippen molar-refractivity contribution in [2.24, 2.45) is 5.92 Å². The molecule has 104 valence electrons. The molecule has 20 heavy (non-hydrogen) atoms. The number of amides is 1. The van der Waals surface area contributed by atoms with Crippen molar-refractivity contribution in [1.29, 1.82) is 0 Å². The number of aromatic nitrogens is 1. The lowest BCUT2D eigenvalue weighted by Gasteiger charge is -2.36. The van der Waals surface area contributed by atoms with Crippen molar-refractivity contribution in [1.82, 2.24) is 9.88 Å². The number of carbonyl (C=O) groups excluding carboxylic acids is 1. The van der Waals surface area contributed by atoms with E-state index in [9.17, 15) is 13.6 Å². The molecule has 2 aromatic rings. The predicted molar refractivity (Wildman–Crippen MR) is 72.5 cm³/mol.